The molecule has 0 spiro atoms. The summed E-state index contributed by atoms with van der Waals surface area (Å²) >= 11 is 0. The van der Waals surface area contributed by atoms with Crippen LogP contribution in [0, 0.1) is 0 Å². The van der Waals surface area contributed by atoms with Crippen molar-refractivity contribution in [3.05, 3.63) is 29.8 Å². The Bertz CT molecular complexity index is 398. The zero-order valence-electron chi connectivity index (χ0n) is 11.1. The molecule has 1 aliphatic heterocycles. The molecular formula is C14H19NO4. The van der Waals surface area contributed by atoms with Crippen molar-refractivity contribution < 1.29 is 19.0 Å². The summed E-state index contributed by atoms with van der Waals surface area (Å²) in [5, 5.41) is 2.77. The number of hydrogen-bond donors (Lipinski definition) is 1. The van der Waals surface area contributed by atoms with Crippen LogP contribution in [0.25, 0.3) is 0 Å². The number of nitrogens with one attached hydrogen (secondary N) is 1. The maximum atomic E-state index is 11.5. The van der Waals surface area contributed by atoms with Crippen LogP contribution in [0.2, 0.25) is 0 Å². The standard InChI is InChI=1S/C14H19NO4/c1-2-7-17-10-13(16)15-12-5-3-11(4-6-12)14-18-8-9-19-14/h3-6,14H,2,7-10H2,1H3,(H,15,16). The minimum atomic E-state index is -0.280. The molecule has 0 saturated carbocycles. The molecule has 1 aliphatic rings. The van der Waals surface area contributed by atoms with E-state index < -0.39 is 0 Å². The van der Waals surface area contributed by atoms with Gasteiger partial charge in [-0.15, -0.1) is 0 Å². The van der Waals surface area contributed by atoms with E-state index >= 15 is 0 Å². The number of hydrogen-bond acceptors (Lipinski definition) is 4. The van der Waals surface area contributed by atoms with Crippen LogP contribution in [0.3, 0.4) is 0 Å². The van der Waals surface area contributed by atoms with Crippen LogP contribution in [-0.4, -0.2) is 32.3 Å². The van der Waals surface area contributed by atoms with Gasteiger partial charge in [-0.1, -0.05) is 19.1 Å². The maximum Gasteiger partial charge on any atom is 0.250 e. The topological polar surface area (TPSA) is 56.8 Å². The van der Waals surface area contributed by atoms with Crippen molar-refractivity contribution in [1.82, 2.24) is 0 Å². The second-order valence-corrected chi connectivity index (χ2v) is 4.30. The highest BCUT2D eigenvalue weighted by atomic mass is 16.7. The van der Waals surface area contributed by atoms with Crippen molar-refractivity contribution in [2.24, 2.45) is 0 Å². The molecule has 19 heavy (non-hydrogen) atoms. The Labute approximate surface area is 112 Å². The fraction of sp³-hybridized carbons (Fsp3) is 0.500. The lowest BCUT2D eigenvalue weighted by atomic mass is 10.2. The van der Waals surface area contributed by atoms with E-state index in [1.807, 2.05) is 31.2 Å². The Balaban J connectivity index is 1.82. The average Bonchev–Trinajstić information content (AvgIpc) is 2.94. The summed E-state index contributed by atoms with van der Waals surface area (Å²) in [6.45, 7) is 3.94. The lowest BCUT2D eigenvalue weighted by Crippen LogP contribution is -2.18. The SMILES string of the molecule is CCCOCC(=O)Nc1ccc(C2OCCO2)cc1. The van der Waals surface area contributed by atoms with E-state index in [9.17, 15) is 4.79 Å². The lowest BCUT2D eigenvalue weighted by Gasteiger charge is -2.10. The van der Waals surface area contributed by atoms with E-state index in [0.717, 1.165) is 17.7 Å². The first-order valence-corrected chi connectivity index (χ1v) is 6.50. The quantitative estimate of drug-likeness (QED) is 0.800. The number of anilines is 1. The van der Waals surface area contributed by atoms with Crippen molar-refractivity contribution in [2.75, 3.05) is 31.7 Å². The number of ether oxygens (including phenoxy) is 3. The normalized spacial score (nSPS) is 15.6. The molecule has 0 aromatic heterocycles. The zero-order chi connectivity index (χ0) is 13.5. The first-order chi connectivity index (χ1) is 9.29. The second kappa shape index (κ2) is 7.23. The number of benzene rings is 1. The minimum absolute atomic E-state index is 0.0877. The van der Waals surface area contributed by atoms with Crippen LogP contribution in [-0.2, 0) is 19.0 Å². The van der Waals surface area contributed by atoms with Crippen LogP contribution in [0.15, 0.2) is 24.3 Å². The molecule has 0 unspecified atom stereocenters. The van der Waals surface area contributed by atoms with Gasteiger partial charge >= 0.3 is 0 Å². The van der Waals surface area contributed by atoms with E-state index in [1.54, 1.807) is 0 Å². The molecule has 5 heteroatoms. The van der Waals surface area contributed by atoms with Gasteiger partial charge in [-0.05, 0) is 18.6 Å². The third-order valence-corrected chi connectivity index (χ3v) is 2.67. The first-order valence-electron chi connectivity index (χ1n) is 6.50. The fourth-order valence-corrected chi connectivity index (χ4v) is 1.78. The highest BCUT2D eigenvalue weighted by Crippen LogP contribution is 2.24. The summed E-state index contributed by atoms with van der Waals surface area (Å²) in [5.74, 6) is -0.144. The van der Waals surface area contributed by atoms with Gasteiger partial charge in [0.2, 0.25) is 5.91 Å². The third-order valence-electron chi connectivity index (χ3n) is 2.67. The van der Waals surface area contributed by atoms with Crippen molar-refractivity contribution in [3.63, 3.8) is 0 Å². The van der Waals surface area contributed by atoms with Gasteiger partial charge in [-0.3, -0.25) is 4.79 Å². The Morgan fingerprint density at radius 2 is 2.00 bits per heavy atom. The third kappa shape index (κ3) is 4.31. The molecule has 5 nitrogen and oxygen atoms in total. The summed E-state index contributed by atoms with van der Waals surface area (Å²) in [6.07, 6.45) is 0.626. The Kier molecular flexibility index (Phi) is 5.32. The summed E-state index contributed by atoms with van der Waals surface area (Å²) in [4.78, 5) is 11.5. The molecular weight excluding hydrogens is 246 g/mol. The van der Waals surface area contributed by atoms with Gasteiger partial charge in [0.1, 0.15) is 6.61 Å². The molecule has 0 bridgehead atoms. The van der Waals surface area contributed by atoms with Crippen LogP contribution >= 0.6 is 0 Å². The average molecular weight is 265 g/mol. The fourth-order valence-electron chi connectivity index (χ4n) is 1.78. The molecule has 2 rings (SSSR count). The van der Waals surface area contributed by atoms with E-state index in [0.29, 0.717) is 19.8 Å². The highest BCUT2D eigenvalue weighted by molar-refractivity contribution is 5.91. The number of carbonyl (C=O) groups is 1. The molecule has 1 saturated heterocycles. The van der Waals surface area contributed by atoms with Gasteiger partial charge < -0.3 is 19.5 Å². The van der Waals surface area contributed by atoms with Crippen LogP contribution in [0.1, 0.15) is 25.2 Å². The van der Waals surface area contributed by atoms with Gasteiger partial charge in [0, 0.05) is 17.9 Å². The molecule has 1 heterocycles. The molecule has 1 amide bonds. The van der Waals surface area contributed by atoms with Crippen molar-refractivity contribution >= 4 is 11.6 Å². The monoisotopic (exact) mass is 265 g/mol. The molecule has 1 N–H and O–H groups in total. The van der Waals surface area contributed by atoms with Gasteiger partial charge in [-0.25, -0.2) is 0 Å². The number of rotatable bonds is 6. The number of carbonyl (C=O) groups excluding carboxylic acids is 1. The number of amides is 1. The van der Waals surface area contributed by atoms with Crippen LogP contribution in [0.5, 0.6) is 0 Å². The summed E-state index contributed by atoms with van der Waals surface area (Å²) < 4.78 is 16.0. The molecule has 0 radical (unpaired) electrons. The lowest BCUT2D eigenvalue weighted by molar-refractivity contribution is -0.120. The van der Waals surface area contributed by atoms with Gasteiger partial charge in [0.05, 0.1) is 13.2 Å². The van der Waals surface area contributed by atoms with E-state index in [1.165, 1.54) is 0 Å². The highest BCUT2D eigenvalue weighted by Gasteiger charge is 2.17. The van der Waals surface area contributed by atoms with Gasteiger partial charge in [0.25, 0.3) is 0 Å². The molecule has 1 aromatic rings. The smallest absolute Gasteiger partial charge is 0.250 e. The Morgan fingerprint density at radius 3 is 2.63 bits per heavy atom. The summed E-state index contributed by atoms with van der Waals surface area (Å²) in [6, 6.07) is 7.44. The largest absolute Gasteiger partial charge is 0.372 e. The Morgan fingerprint density at radius 1 is 1.32 bits per heavy atom. The van der Waals surface area contributed by atoms with Crippen molar-refractivity contribution in [2.45, 2.75) is 19.6 Å². The van der Waals surface area contributed by atoms with Gasteiger partial charge in [0.15, 0.2) is 6.29 Å². The van der Waals surface area contributed by atoms with Crippen LogP contribution in [0.4, 0.5) is 5.69 Å². The maximum absolute atomic E-state index is 11.5. The molecule has 0 atom stereocenters. The van der Waals surface area contributed by atoms with Crippen molar-refractivity contribution in [1.29, 1.82) is 0 Å². The van der Waals surface area contributed by atoms with E-state index in [4.69, 9.17) is 14.2 Å². The predicted octanol–water partition coefficient (Wildman–Crippen LogP) is 2.10. The molecule has 1 aromatic carbocycles. The van der Waals surface area contributed by atoms with E-state index in [2.05, 4.69) is 5.32 Å². The molecule has 1 fully saturated rings. The van der Waals surface area contributed by atoms with Crippen molar-refractivity contribution in [3.8, 4) is 0 Å². The van der Waals surface area contributed by atoms with Crippen LogP contribution < -0.4 is 5.32 Å². The zero-order valence-corrected chi connectivity index (χ0v) is 11.1. The summed E-state index contributed by atoms with van der Waals surface area (Å²) in [5.41, 5.74) is 1.70. The predicted molar refractivity (Wildman–Crippen MR) is 70.8 cm³/mol. The van der Waals surface area contributed by atoms with Gasteiger partial charge in [-0.2, -0.15) is 0 Å². The first kappa shape index (κ1) is 14.0. The molecule has 104 valence electrons. The second-order valence-electron chi connectivity index (χ2n) is 4.30. The molecule has 0 aliphatic carbocycles. The van der Waals surface area contributed by atoms with E-state index in [-0.39, 0.29) is 18.8 Å². The Hall–Kier alpha value is -1.43. The summed E-state index contributed by atoms with van der Waals surface area (Å²) in [7, 11) is 0. The minimum Gasteiger partial charge on any atom is -0.372 e.